The molecule has 0 amide bonds. The smallest absolute Gasteiger partial charge is 0.150 e. The summed E-state index contributed by atoms with van der Waals surface area (Å²) in [7, 11) is 0. The van der Waals surface area contributed by atoms with Crippen molar-refractivity contribution in [3.05, 3.63) is 33.8 Å². The summed E-state index contributed by atoms with van der Waals surface area (Å²) in [6.07, 6.45) is 4.28. The number of carbonyl (C=O) groups is 1. The third-order valence-electron chi connectivity index (χ3n) is 2.01. The Kier molecular flexibility index (Phi) is 4.16. The fourth-order valence-electron chi connectivity index (χ4n) is 1.23. The molecule has 0 N–H and O–H groups in total. The second kappa shape index (κ2) is 5.18. The number of rotatable bonds is 4. The van der Waals surface area contributed by atoms with Crippen LogP contribution >= 0.6 is 15.9 Å². The van der Waals surface area contributed by atoms with Gasteiger partial charge < -0.3 is 0 Å². The van der Waals surface area contributed by atoms with Crippen molar-refractivity contribution in [3.63, 3.8) is 0 Å². The molecule has 0 fully saturated rings. The van der Waals surface area contributed by atoms with E-state index in [1.807, 2.05) is 18.2 Å². The highest BCUT2D eigenvalue weighted by molar-refractivity contribution is 9.10. The van der Waals surface area contributed by atoms with Crippen molar-refractivity contribution in [2.75, 3.05) is 0 Å². The molecule has 1 aromatic rings. The van der Waals surface area contributed by atoms with E-state index in [1.165, 1.54) is 18.4 Å². The summed E-state index contributed by atoms with van der Waals surface area (Å²) in [6.45, 7) is 2.16. The van der Waals surface area contributed by atoms with E-state index in [0.717, 1.165) is 22.7 Å². The minimum Gasteiger partial charge on any atom is -0.298 e. The first-order valence-corrected chi connectivity index (χ1v) is 5.31. The Balaban J connectivity index is 2.83. The quantitative estimate of drug-likeness (QED) is 0.736. The lowest BCUT2D eigenvalue weighted by Crippen LogP contribution is -1.89. The minimum absolute atomic E-state index is 0.759. The van der Waals surface area contributed by atoms with Crippen molar-refractivity contribution in [1.29, 1.82) is 0 Å². The molecule has 1 rings (SSSR count). The SMILES string of the molecule is CCCCc1cc(C=O)ccc1Br. The zero-order valence-corrected chi connectivity index (χ0v) is 9.30. The molecule has 0 aliphatic carbocycles. The second-order valence-corrected chi connectivity index (χ2v) is 3.93. The molecule has 0 heterocycles. The van der Waals surface area contributed by atoms with E-state index in [9.17, 15) is 4.79 Å². The Labute approximate surface area is 87.3 Å². The van der Waals surface area contributed by atoms with Gasteiger partial charge in [-0.05, 0) is 30.5 Å². The van der Waals surface area contributed by atoms with Crippen LogP contribution in [0.5, 0.6) is 0 Å². The Morgan fingerprint density at radius 1 is 1.46 bits per heavy atom. The van der Waals surface area contributed by atoms with Gasteiger partial charge >= 0.3 is 0 Å². The van der Waals surface area contributed by atoms with Crippen LogP contribution in [0.4, 0.5) is 0 Å². The van der Waals surface area contributed by atoms with Gasteiger partial charge in [-0.25, -0.2) is 0 Å². The first-order valence-electron chi connectivity index (χ1n) is 4.51. The van der Waals surface area contributed by atoms with E-state index in [0.29, 0.717) is 0 Å². The Bertz CT molecular complexity index is 294. The molecule has 1 aromatic carbocycles. The predicted molar refractivity (Wildman–Crippen MR) is 58.1 cm³/mol. The first-order chi connectivity index (χ1) is 6.27. The van der Waals surface area contributed by atoms with Gasteiger partial charge in [0, 0.05) is 10.0 Å². The molecule has 1 nitrogen and oxygen atoms in total. The fraction of sp³-hybridized carbons (Fsp3) is 0.364. The van der Waals surface area contributed by atoms with Gasteiger partial charge in [-0.2, -0.15) is 0 Å². The summed E-state index contributed by atoms with van der Waals surface area (Å²) in [5.41, 5.74) is 1.99. The molecule has 0 aromatic heterocycles. The maximum absolute atomic E-state index is 10.5. The summed E-state index contributed by atoms with van der Waals surface area (Å²) in [6, 6.07) is 5.72. The van der Waals surface area contributed by atoms with Gasteiger partial charge in [0.1, 0.15) is 6.29 Å². The van der Waals surface area contributed by atoms with Gasteiger partial charge in [0.15, 0.2) is 0 Å². The standard InChI is InChI=1S/C11H13BrO/c1-2-3-4-10-7-9(8-13)5-6-11(10)12/h5-8H,2-4H2,1H3. The van der Waals surface area contributed by atoms with Crippen LogP contribution in [0.25, 0.3) is 0 Å². The summed E-state index contributed by atoms with van der Waals surface area (Å²) in [5.74, 6) is 0. The highest BCUT2D eigenvalue weighted by Crippen LogP contribution is 2.19. The van der Waals surface area contributed by atoms with E-state index in [2.05, 4.69) is 22.9 Å². The molecule has 0 aliphatic heterocycles. The molecule has 0 radical (unpaired) electrons. The van der Waals surface area contributed by atoms with Gasteiger partial charge in [-0.15, -0.1) is 0 Å². The minimum atomic E-state index is 0.759. The third kappa shape index (κ3) is 2.96. The Morgan fingerprint density at radius 3 is 2.85 bits per heavy atom. The van der Waals surface area contributed by atoms with Crippen molar-refractivity contribution in [2.24, 2.45) is 0 Å². The lowest BCUT2D eigenvalue weighted by Gasteiger charge is -2.03. The number of aldehydes is 1. The molecule has 70 valence electrons. The van der Waals surface area contributed by atoms with E-state index in [-0.39, 0.29) is 0 Å². The zero-order valence-electron chi connectivity index (χ0n) is 7.72. The van der Waals surface area contributed by atoms with Gasteiger partial charge in [0.25, 0.3) is 0 Å². The molecular formula is C11H13BrO. The van der Waals surface area contributed by atoms with Crippen LogP contribution in [0, 0.1) is 0 Å². The highest BCUT2D eigenvalue weighted by atomic mass is 79.9. The van der Waals surface area contributed by atoms with Crippen LogP contribution in [0.2, 0.25) is 0 Å². The summed E-state index contributed by atoms with van der Waals surface area (Å²) in [4.78, 5) is 10.5. The van der Waals surface area contributed by atoms with Crippen LogP contribution in [-0.2, 0) is 6.42 Å². The van der Waals surface area contributed by atoms with Crippen LogP contribution < -0.4 is 0 Å². The third-order valence-corrected chi connectivity index (χ3v) is 2.78. The van der Waals surface area contributed by atoms with Gasteiger partial charge in [0.2, 0.25) is 0 Å². The van der Waals surface area contributed by atoms with Crippen LogP contribution in [0.15, 0.2) is 22.7 Å². The Morgan fingerprint density at radius 2 is 2.23 bits per heavy atom. The summed E-state index contributed by atoms with van der Waals surface area (Å²) in [5, 5.41) is 0. The maximum atomic E-state index is 10.5. The van der Waals surface area contributed by atoms with Crippen molar-refractivity contribution in [2.45, 2.75) is 26.2 Å². The first kappa shape index (κ1) is 10.5. The van der Waals surface area contributed by atoms with Gasteiger partial charge in [-0.3, -0.25) is 4.79 Å². The average Bonchev–Trinajstić information content (AvgIpc) is 2.17. The zero-order chi connectivity index (χ0) is 9.68. The van der Waals surface area contributed by atoms with Crippen molar-refractivity contribution >= 4 is 22.2 Å². The summed E-state index contributed by atoms with van der Waals surface area (Å²) < 4.78 is 1.10. The molecule has 0 atom stereocenters. The number of unbranched alkanes of at least 4 members (excludes halogenated alkanes) is 1. The largest absolute Gasteiger partial charge is 0.298 e. The molecule has 0 aliphatic rings. The van der Waals surface area contributed by atoms with Gasteiger partial charge in [-0.1, -0.05) is 35.3 Å². The molecule has 0 unspecified atom stereocenters. The molecular weight excluding hydrogens is 228 g/mol. The highest BCUT2D eigenvalue weighted by Gasteiger charge is 2.00. The van der Waals surface area contributed by atoms with Crippen molar-refractivity contribution in [3.8, 4) is 0 Å². The van der Waals surface area contributed by atoms with Crippen LogP contribution in [-0.4, -0.2) is 6.29 Å². The number of aryl methyl sites for hydroxylation is 1. The topological polar surface area (TPSA) is 17.1 Å². The van der Waals surface area contributed by atoms with Crippen LogP contribution in [0.3, 0.4) is 0 Å². The monoisotopic (exact) mass is 240 g/mol. The van der Waals surface area contributed by atoms with E-state index in [4.69, 9.17) is 0 Å². The number of benzene rings is 1. The lowest BCUT2D eigenvalue weighted by molar-refractivity contribution is 0.112. The molecule has 0 saturated heterocycles. The number of carbonyl (C=O) groups excluding carboxylic acids is 1. The number of hydrogen-bond acceptors (Lipinski definition) is 1. The van der Waals surface area contributed by atoms with Gasteiger partial charge in [0.05, 0.1) is 0 Å². The molecule has 13 heavy (non-hydrogen) atoms. The predicted octanol–water partition coefficient (Wildman–Crippen LogP) is 3.60. The molecule has 0 saturated carbocycles. The Hall–Kier alpha value is -0.630. The molecule has 0 bridgehead atoms. The lowest BCUT2D eigenvalue weighted by atomic mass is 10.1. The molecule has 0 spiro atoms. The van der Waals surface area contributed by atoms with Crippen LogP contribution in [0.1, 0.15) is 35.7 Å². The molecule has 2 heteroatoms. The number of halogens is 1. The summed E-state index contributed by atoms with van der Waals surface area (Å²) >= 11 is 3.47. The van der Waals surface area contributed by atoms with Crippen molar-refractivity contribution in [1.82, 2.24) is 0 Å². The average molecular weight is 241 g/mol. The van der Waals surface area contributed by atoms with E-state index < -0.39 is 0 Å². The normalized spacial score (nSPS) is 10.0. The number of hydrogen-bond donors (Lipinski definition) is 0. The van der Waals surface area contributed by atoms with E-state index >= 15 is 0 Å². The fourth-order valence-corrected chi connectivity index (χ4v) is 1.67. The van der Waals surface area contributed by atoms with E-state index in [1.54, 1.807) is 0 Å². The second-order valence-electron chi connectivity index (χ2n) is 3.07. The maximum Gasteiger partial charge on any atom is 0.150 e. The van der Waals surface area contributed by atoms with Crippen molar-refractivity contribution < 1.29 is 4.79 Å².